The summed E-state index contributed by atoms with van der Waals surface area (Å²) < 4.78 is 24.9. The van der Waals surface area contributed by atoms with E-state index in [1.165, 1.54) is 18.3 Å². The summed E-state index contributed by atoms with van der Waals surface area (Å²) in [5, 5.41) is 16.9. The van der Waals surface area contributed by atoms with Gasteiger partial charge >= 0.3 is 15.9 Å². The summed E-state index contributed by atoms with van der Waals surface area (Å²) in [6.07, 6.45) is 4.10. The van der Waals surface area contributed by atoms with E-state index in [0.717, 1.165) is 0 Å². The number of amides is 2. The first-order valence-electron chi connectivity index (χ1n) is 10.1. The van der Waals surface area contributed by atoms with Crippen LogP contribution in [0, 0.1) is 17.0 Å². The Morgan fingerprint density at radius 3 is 2.55 bits per heavy atom. The maximum Gasteiger partial charge on any atom is 0.351 e. The number of carbonyl (C=O) groups excluding carboxylic acids is 2. The van der Waals surface area contributed by atoms with Crippen molar-refractivity contribution in [2.45, 2.75) is 56.0 Å². The summed E-state index contributed by atoms with van der Waals surface area (Å²) in [6, 6.07) is 3.36. The van der Waals surface area contributed by atoms with Crippen LogP contribution < -0.4 is 11.1 Å². The molecule has 1 aliphatic carbocycles. The highest BCUT2D eigenvalue weighted by molar-refractivity contribution is 7.86. The zero-order chi connectivity index (χ0) is 21.1. The van der Waals surface area contributed by atoms with Gasteiger partial charge in [-0.3, -0.25) is 4.79 Å². The van der Waals surface area contributed by atoms with Crippen LogP contribution in [0.2, 0.25) is 0 Å². The fourth-order valence-corrected chi connectivity index (χ4v) is 6.11. The van der Waals surface area contributed by atoms with Gasteiger partial charge in [0.15, 0.2) is 0 Å². The minimum absolute atomic E-state index is 0.124. The number of hydrogen-bond donors (Lipinski definition) is 2. The normalized spacial score (nSPS) is 28.1. The third kappa shape index (κ3) is 4.20. The number of nitrogens with one attached hydrogen (secondary N) is 1. The molecule has 1 aliphatic heterocycles. The van der Waals surface area contributed by atoms with Crippen molar-refractivity contribution in [2.75, 3.05) is 13.1 Å². The van der Waals surface area contributed by atoms with E-state index in [1.54, 1.807) is 6.07 Å². The first-order chi connectivity index (χ1) is 13.8. The largest absolute Gasteiger partial charge is 0.608 e. The first kappa shape index (κ1) is 21.8. The molecule has 0 radical (unpaired) electrons. The van der Waals surface area contributed by atoms with Gasteiger partial charge in [-0.1, -0.05) is 12.5 Å². The predicted molar refractivity (Wildman–Crippen MR) is 105 cm³/mol. The van der Waals surface area contributed by atoms with E-state index >= 15 is 0 Å². The summed E-state index contributed by atoms with van der Waals surface area (Å²) in [6.45, 7) is 1.13. The average Bonchev–Trinajstić information content (AvgIpc) is 3.03. The SMILES string of the molecule is NC(=O)C1CCCC(C(=O)[N@+]([O-])(C2CCCNCC2)S(=O)(=O)c2ccccn2)C1. The quantitative estimate of drug-likeness (QED) is 0.531. The van der Waals surface area contributed by atoms with Crippen molar-refractivity contribution in [1.29, 1.82) is 0 Å². The standard InChI is InChI=1S/C19H28N4O5S/c20-18(24)14-5-3-6-15(13-14)19(25)23(26,16-7-4-10-21-12-9-16)29(27,28)17-8-1-2-11-22-17/h1-2,8,11,14-16,21H,3-7,9-10,12-13H2,(H2,20,24)/t14?,15?,16?,23-/m0/s1. The summed E-state index contributed by atoms with van der Waals surface area (Å²) in [4.78, 5) is 29.0. The molecule has 1 aromatic rings. The molecule has 0 bridgehead atoms. The Morgan fingerprint density at radius 2 is 1.86 bits per heavy atom. The van der Waals surface area contributed by atoms with E-state index in [4.69, 9.17) is 5.73 Å². The maximum absolute atomic E-state index is 14.1. The van der Waals surface area contributed by atoms with Crippen LogP contribution in [-0.4, -0.2) is 48.4 Å². The maximum atomic E-state index is 14.1. The fourth-order valence-electron chi connectivity index (χ4n) is 4.40. The summed E-state index contributed by atoms with van der Waals surface area (Å²) >= 11 is 0. The van der Waals surface area contributed by atoms with Gasteiger partial charge in [-0.15, -0.1) is 0 Å². The molecule has 2 fully saturated rings. The Hall–Kier alpha value is -1.88. The highest BCUT2D eigenvalue weighted by Gasteiger charge is 2.52. The van der Waals surface area contributed by atoms with Gasteiger partial charge in [0.1, 0.15) is 6.04 Å². The lowest BCUT2D eigenvalue weighted by molar-refractivity contribution is -0.707. The van der Waals surface area contributed by atoms with Crippen LogP contribution in [0.15, 0.2) is 29.4 Å². The van der Waals surface area contributed by atoms with Crippen LogP contribution in [0.5, 0.6) is 0 Å². The molecule has 2 aliphatic rings. The van der Waals surface area contributed by atoms with Gasteiger partial charge in [0.2, 0.25) is 10.9 Å². The van der Waals surface area contributed by atoms with Gasteiger partial charge in [-0.25, -0.2) is 9.78 Å². The number of nitrogens with two attached hydrogens (primary N) is 1. The zero-order valence-corrected chi connectivity index (χ0v) is 17.1. The minimum atomic E-state index is -4.63. The Labute approximate surface area is 170 Å². The van der Waals surface area contributed by atoms with Gasteiger partial charge in [0.05, 0.1) is 5.92 Å². The van der Waals surface area contributed by atoms with Gasteiger partial charge < -0.3 is 16.3 Å². The van der Waals surface area contributed by atoms with Crippen LogP contribution in [0.4, 0.5) is 0 Å². The second kappa shape index (κ2) is 8.86. The number of carbonyl (C=O) groups is 2. The molecule has 1 saturated carbocycles. The van der Waals surface area contributed by atoms with E-state index < -0.39 is 48.8 Å². The first-order valence-corrected chi connectivity index (χ1v) is 11.5. The lowest BCUT2D eigenvalue weighted by Gasteiger charge is -2.45. The second-order valence-corrected chi connectivity index (χ2v) is 9.79. The van der Waals surface area contributed by atoms with Gasteiger partial charge in [-0.2, -0.15) is 12.5 Å². The molecule has 4 atom stereocenters. The smallest absolute Gasteiger partial charge is 0.351 e. The monoisotopic (exact) mass is 424 g/mol. The van der Waals surface area contributed by atoms with E-state index in [2.05, 4.69) is 10.3 Å². The number of hydroxylamine groups is 2. The lowest BCUT2D eigenvalue weighted by atomic mass is 9.80. The number of nitrogens with zero attached hydrogens (tertiary/aromatic N) is 2. The molecule has 1 aromatic heterocycles. The van der Waals surface area contributed by atoms with Crippen LogP contribution in [0.3, 0.4) is 0 Å². The highest BCUT2D eigenvalue weighted by Crippen LogP contribution is 2.38. The summed E-state index contributed by atoms with van der Waals surface area (Å²) in [5.41, 5.74) is 5.41. The molecule has 10 heteroatoms. The summed E-state index contributed by atoms with van der Waals surface area (Å²) in [7, 11) is -4.63. The van der Waals surface area contributed by atoms with E-state index in [1.807, 2.05) is 0 Å². The van der Waals surface area contributed by atoms with Crippen LogP contribution >= 0.6 is 0 Å². The Bertz CT molecular complexity index is 839. The molecular formula is C19H28N4O5S. The number of sulfonamides is 1. The Morgan fingerprint density at radius 1 is 1.10 bits per heavy atom. The minimum Gasteiger partial charge on any atom is -0.608 e. The van der Waals surface area contributed by atoms with Crippen molar-refractivity contribution in [3.05, 3.63) is 29.6 Å². The van der Waals surface area contributed by atoms with Gasteiger partial charge in [0.25, 0.3) is 0 Å². The van der Waals surface area contributed by atoms with E-state index in [9.17, 15) is 23.2 Å². The molecule has 0 spiro atoms. The fraction of sp³-hybridized carbons (Fsp3) is 0.632. The molecule has 1 saturated heterocycles. The summed E-state index contributed by atoms with van der Waals surface area (Å²) in [5.74, 6) is -2.74. The molecule has 29 heavy (non-hydrogen) atoms. The molecule has 3 unspecified atom stereocenters. The molecule has 2 heterocycles. The van der Waals surface area contributed by atoms with Crippen LogP contribution in [0.1, 0.15) is 44.9 Å². The number of pyridine rings is 1. The molecular weight excluding hydrogens is 396 g/mol. The second-order valence-electron chi connectivity index (χ2n) is 7.88. The number of rotatable bonds is 5. The van der Waals surface area contributed by atoms with Gasteiger partial charge in [-0.05, 0) is 44.4 Å². The molecule has 3 N–H and O–H groups in total. The van der Waals surface area contributed by atoms with E-state index in [0.29, 0.717) is 45.2 Å². The lowest BCUT2D eigenvalue weighted by Crippen LogP contribution is -2.61. The Kier molecular flexibility index (Phi) is 6.67. The van der Waals surface area contributed by atoms with Crippen molar-refractivity contribution < 1.29 is 22.1 Å². The highest BCUT2D eigenvalue weighted by atomic mass is 32.2. The van der Waals surface area contributed by atoms with Crippen molar-refractivity contribution in [2.24, 2.45) is 17.6 Å². The third-order valence-electron chi connectivity index (χ3n) is 6.02. The van der Waals surface area contributed by atoms with Crippen molar-refractivity contribution in [3.8, 4) is 0 Å². The third-order valence-corrected chi connectivity index (χ3v) is 7.98. The zero-order valence-electron chi connectivity index (χ0n) is 16.3. The van der Waals surface area contributed by atoms with Gasteiger partial charge in [0, 0.05) is 31.5 Å². The van der Waals surface area contributed by atoms with Crippen molar-refractivity contribution >= 4 is 21.8 Å². The average molecular weight is 425 g/mol. The van der Waals surface area contributed by atoms with Crippen LogP contribution in [-0.2, 0) is 19.6 Å². The molecule has 9 nitrogen and oxygen atoms in total. The van der Waals surface area contributed by atoms with E-state index in [-0.39, 0.29) is 12.8 Å². The molecule has 3 rings (SSSR count). The number of primary amides is 1. The molecule has 0 aromatic carbocycles. The molecule has 160 valence electrons. The van der Waals surface area contributed by atoms with Crippen molar-refractivity contribution in [3.63, 3.8) is 0 Å². The number of aromatic nitrogens is 1. The topological polar surface area (TPSA) is 142 Å². The number of quaternary nitrogens is 1. The van der Waals surface area contributed by atoms with Crippen LogP contribution in [0.25, 0.3) is 0 Å². The predicted octanol–water partition coefficient (Wildman–Crippen LogP) is 1.05. The molecule has 2 amide bonds. The van der Waals surface area contributed by atoms with Crippen molar-refractivity contribution in [1.82, 2.24) is 10.3 Å². The Balaban J connectivity index is 2.03. The number of hydrogen-bond acceptors (Lipinski definition) is 7.